The van der Waals surface area contributed by atoms with Crippen molar-refractivity contribution in [3.05, 3.63) is 41.5 Å². The largest absolute Gasteiger partial charge is 0.334 e. The zero-order valence-corrected chi connectivity index (χ0v) is 18.3. The molecule has 1 amide bonds. The number of halogens is 1. The van der Waals surface area contributed by atoms with Crippen LogP contribution in [0.1, 0.15) is 38.3 Å². The van der Waals surface area contributed by atoms with E-state index >= 15 is 0 Å². The number of rotatable bonds is 5. The molecule has 1 atom stereocenters. The Balaban J connectivity index is 1.79. The average Bonchev–Trinajstić information content (AvgIpc) is 3.22. The fraction of sp³-hybridized carbons (Fsp3) is 0.391. The number of hydrogen-bond acceptors (Lipinski definition) is 5. The molecule has 0 spiro atoms. The molecule has 31 heavy (non-hydrogen) atoms. The van der Waals surface area contributed by atoms with E-state index in [0.717, 1.165) is 11.9 Å². The first kappa shape index (κ1) is 20.8. The maximum absolute atomic E-state index is 15.0. The lowest BCUT2D eigenvalue weighted by Crippen LogP contribution is -2.20. The van der Waals surface area contributed by atoms with E-state index in [4.69, 9.17) is 5.26 Å². The van der Waals surface area contributed by atoms with E-state index in [0.29, 0.717) is 34.8 Å². The summed E-state index contributed by atoms with van der Waals surface area (Å²) in [6.07, 6.45) is 3.05. The number of aromatic nitrogens is 3. The molecule has 1 N–H and O–H groups in total. The van der Waals surface area contributed by atoms with Gasteiger partial charge in [-0.3, -0.25) is 4.79 Å². The van der Waals surface area contributed by atoms with E-state index in [1.807, 2.05) is 30.7 Å². The van der Waals surface area contributed by atoms with E-state index in [9.17, 15) is 9.18 Å². The van der Waals surface area contributed by atoms with Crippen molar-refractivity contribution in [2.45, 2.75) is 33.6 Å². The highest BCUT2D eigenvalue weighted by Crippen LogP contribution is 2.52. The Labute approximate surface area is 180 Å². The van der Waals surface area contributed by atoms with Crippen molar-refractivity contribution >= 4 is 34.3 Å². The second kappa shape index (κ2) is 7.34. The van der Waals surface area contributed by atoms with E-state index in [1.165, 1.54) is 6.07 Å². The summed E-state index contributed by atoms with van der Waals surface area (Å²) >= 11 is 0. The summed E-state index contributed by atoms with van der Waals surface area (Å²) in [5.41, 5.74) is 2.69. The van der Waals surface area contributed by atoms with Gasteiger partial charge in [0.05, 0.1) is 29.2 Å². The second-order valence-corrected chi connectivity index (χ2v) is 8.78. The number of nitriles is 1. The molecule has 1 aromatic carbocycles. The number of imidazole rings is 1. The van der Waals surface area contributed by atoms with Gasteiger partial charge < -0.3 is 14.8 Å². The molecule has 1 fully saturated rings. The predicted octanol–water partition coefficient (Wildman–Crippen LogP) is 4.29. The minimum Gasteiger partial charge on any atom is -0.334 e. The number of nitrogens with one attached hydrogen (secondary N) is 1. The third-order valence-corrected chi connectivity index (χ3v) is 6.10. The van der Waals surface area contributed by atoms with Crippen LogP contribution in [0.25, 0.3) is 11.0 Å². The minimum absolute atomic E-state index is 0.0106. The van der Waals surface area contributed by atoms with Gasteiger partial charge in [0.25, 0.3) is 0 Å². The number of hydrogen-bond donors (Lipinski definition) is 1. The molecule has 160 valence electrons. The molecular formula is C23H25FN6O. The molecule has 2 heterocycles. The first-order chi connectivity index (χ1) is 14.7. The first-order valence-corrected chi connectivity index (χ1v) is 10.3. The summed E-state index contributed by atoms with van der Waals surface area (Å²) in [6, 6.07) is 6.73. The summed E-state index contributed by atoms with van der Waals surface area (Å²) in [6.45, 7) is 6.03. The lowest BCUT2D eigenvalue weighted by molar-refractivity contribution is -0.118. The van der Waals surface area contributed by atoms with Gasteiger partial charge in [0.1, 0.15) is 17.2 Å². The van der Waals surface area contributed by atoms with Crippen molar-refractivity contribution in [1.29, 1.82) is 5.26 Å². The third kappa shape index (κ3) is 3.61. The van der Waals surface area contributed by atoms with Crippen LogP contribution in [0.3, 0.4) is 0 Å². The van der Waals surface area contributed by atoms with Crippen molar-refractivity contribution in [3.63, 3.8) is 0 Å². The van der Waals surface area contributed by atoms with Crippen molar-refractivity contribution in [1.82, 2.24) is 14.5 Å². The van der Waals surface area contributed by atoms with Gasteiger partial charge in [-0.2, -0.15) is 5.26 Å². The van der Waals surface area contributed by atoms with Gasteiger partial charge in [-0.25, -0.2) is 14.4 Å². The van der Waals surface area contributed by atoms with Crippen LogP contribution in [-0.2, 0) is 18.3 Å². The number of nitrogens with zero attached hydrogens (tertiary/aromatic N) is 5. The number of benzene rings is 1. The summed E-state index contributed by atoms with van der Waals surface area (Å²) in [5, 5.41) is 12.1. The summed E-state index contributed by atoms with van der Waals surface area (Å²) < 4.78 is 16.8. The van der Waals surface area contributed by atoms with Gasteiger partial charge in [-0.1, -0.05) is 20.8 Å². The van der Waals surface area contributed by atoms with Gasteiger partial charge in [0, 0.05) is 26.1 Å². The lowest BCUT2D eigenvalue weighted by Gasteiger charge is -2.23. The van der Waals surface area contributed by atoms with Crippen LogP contribution in [0.15, 0.2) is 24.5 Å². The second-order valence-electron chi connectivity index (χ2n) is 8.78. The Morgan fingerprint density at radius 2 is 2.13 bits per heavy atom. The average molecular weight is 420 g/mol. The van der Waals surface area contributed by atoms with Gasteiger partial charge in [0.15, 0.2) is 5.82 Å². The van der Waals surface area contributed by atoms with Crippen LogP contribution < -0.4 is 10.2 Å². The molecule has 1 aliphatic rings. The number of aryl methyl sites for hydroxylation is 2. The Morgan fingerprint density at radius 1 is 1.42 bits per heavy atom. The van der Waals surface area contributed by atoms with Gasteiger partial charge in [0.2, 0.25) is 5.91 Å². The van der Waals surface area contributed by atoms with Crippen molar-refractivity contribution in [2.75, 3.05) is 17.3 Å². The molecule has 7 nitrogen and oxygen atoms in total. The molecule has 1 saturated carbocycles. The number of amides is 1. The Kier molecular flexibility index (Phi) is 4.92. The van der Waals surface area contributed by atoms with E-state index < -0.39 is 5.82 Å². The Morgan fingerprint density at radius 3 is 2.74 bits per heavy atom. The molecule has 0 saturated heterocycles. The first-order valence-electron chi connectivity index (χ1n) is 10.3. The number of fused-ring (bicyclic) bond motifs is 1. The maximum atomic E-state index is 15.0. The van der Waals surface area contributed by atoms with Crippen molar-refractivity contribution < 1.29 is 9.18 Å². The van der Waals surface area contributed by atoms with Crippen LogP contribution in [0.4, 0.5) is 21.7 Å². The summed E-state index contributed by atoms with van der Waals surface area (Å²) in [5.74, 6) is 0.204. The highest BCUT2D eigenvalue weighted by Gasteiger charge is 2.50. The van der Waals surface area contributed by atoms with Crippen LogP contribution >= 0.6 is 0 Å². The molecule has 2 aromatic heterocycles. The summed E-state index contributed by atoms with van der Waals surface area (Å²) in [4.78, 5) is 23.4. The number of pyridine rings is 1. The Bertz CT molecular complexity index is 1240. The fourth-order valence-electron chi connectivity index (χ4n) is 3.97. The predicted molar refractivity (Wildman–Crippen MR) is 118 cm³/mol. The lowest BCUT2D eigenvalue weighted by atomic mass is 10.1. The van der Waals surface area contributed by atoms with E-state index in [1.54, 1.807) is 24.3 Å². The maximum Gasteiger partial charge on any atom is 0.229 e. The van der Waals surface area contributed by atoms with Crippen LogP contribution in [0.2, 0.25) is 0 Å². The number of carbonyl (C=O) groups is 1. The van der Waals surface area contributed by atoms with Crippen LogP contribution in [-0.4, -0.2) is 27.5 Å². The minimum atomic E-state index is -0.490. The highest BCUT2D eigenvalue weighted by atomic mass is 19.1. The van der Waals surface area contributed by atoms with E-state index in [2.05, 4.69) is 29.1 Å². The molecule has 0 radical (unpaired) electrons. The van der Waals surface area contributed by atoms with Crippen molar-refractivity contribution in [3.8, 4) is 6.07 Å². The Hall–Kier alpha value is -3.47. The van der Waals surface area contributed by atoms with Crippen LogP contribution in [0.5, 0.6) is 0 Å². The SMILES string of the molecule is CCc1cc(C#N)cc(F)c1N(C)c1cc2c(ncn2C)c(NC(=O)[C@H]2CC2(C)C)n1. The van der Waals surface area contributed by atoms with E-state index in [-0.39, 0.29) is 22.8 Å². The number of carbonyl (C=O) groups excluding carboxylic acids is 1. The molecule has 0 unspecified atom stereocenters. The van der Waals surface area contributed by atoms with Gasteiger partial charge >= 0.3 is 0 Å². The molecular weight excluding hydrogens is 395 g/mol. The van der Waals surface area contributed by atoms with Gasteiger partial charge in [-0.05, 0) is 36.0 Å². The fourth-order valence-corrected chi connectivity index (χ4v) is 3.97. The topological polar surface area (TPSA) is 86.8 Å². The monoisotopic (exact) mass is 420 g/mol. The molecule has 1 aliphatic carbocycles. The smallest absolute Gasteiger partial charge is 0.229 e. The third-order valence-electron chi connectivity index (χ3n) is 6.10. The number of anilines is 3. The van der Waals surface area contributed by atoms with Gasteiger partial charge in [-0.15, -0.1) is 0 Å². The standard InChI is InChI=1S/C23H25FN6O/c1-6-14-7-13(11-25)8-16(24)20(14)30(5)18-9-17-19(26-12-29(17)4)21(27-18)28-22(31)15-10-23(15,2)3/h7-9,12,15H,6,10H2,1-5H3,(H,27,28,31)/t15-/m1/s1. The summed E-state index contributed by atoms with van der Waals surface area (Å²) in [7, 11) is 3.58. The van der Waals surface area contributed by atoms with Crippen molar-refractivity contribution in [2.24, 2.45) is 18.4 Å². The quantitative estimate of drug-likeness (QED) is 0.665. The zero-order valence-electron chi connectivity index (χ0n) is 18.3. The molecule has 0 bridgehead atoms. The van der Waals surface area contributed by atoms with Crippen LogP contribution in [0, 0.1) is 28.5 Å². The normalized spacial score (nSPS) is 16.7. The zero-order chi connectivity index (χ0) is 22.5. The highest BCUT2D eigenvalue weighted by molar-refractivity contribution is 6.01. The molecule has 3 aromatic rings. The molecule has 8 heteroatoms. The molecule has 0 aliphatic heterocycles. The molecule has 4 rings (SSSR count).